The van der Waals surface area contributed by atoms with Gasteiger partial charge in [-0.05, 0) is 23.7 Å². The van der Waals surface area contributed by atoms with Crippen molar-refractivity contribution in [2.24, 2.45) is 0 Å². The molecule has 0 aliphatic rings. The lowest BCUT2D eigenvalue weighted by Gasteiger charge is -2.04. The van der Waals surface area contributed by atoms with Crippen molar-refractivity contribution in [3.05, 3.63) is 36.0 Å². The molecule has 0 spiro atoms. The SMILES string of the molecule is O=C(CCn1cccn1)Nc1ccnc(Cl)n1. The van der Waals surface area contributed by atoms with Gasteiger partial charge in [0.1, 0.15) is 5.82 Å². The van der Waals surface area contributed by atoms with E-state index in [4.69, 9.17) is 11.6 Å². The Balaban J connectivity index is 1.85. The zero-order valence-corrected chi connectivity index (χ0v) is 9.63. The van der Waals surface area contributed by atoms with E-state index in [1.807, 2.05) is 6.07 Å². The predicted molar refractivity (Wildman–Crippen MR) is 62.5 cm³/mol. The molecule has 2 aromatic rings. The minimum absolute atomic E-state index is 0.106. The van der Waals surface area contributed by atoms with E-state index in [9.17, 15) is 4.79 Å². The number of aromatic nitrogens is 4. The van der Waals surface area contributed by atoms with E-state index in [2.05, 4.69) is 20.4 Å². The highest BCUT2D eigenvalue weighted by atomic mass is 35.5. The van der Waals surface area contributed by atoms with Gasteiger partial charge in [-0.3, -0.25) is 9.48 Å². The molecule has 1 N–H and O–H groups in total. The lowest BCUT2D eigenvalue weighted by Crippen LogP contribution is -2.15. The molecular weight excluding hydrogens is 242 g/mol. The smallest absolute Gasteiger partial charge is 0.227 e. The third kappa shape index (κ3) is 3.53. The van der Waals surface area contributed by atoms with Crippen molar-refractivity contribution in [3.63, 3.8) is 0 Å². The molecule has 2 heterocycles. The van der Waals surface area contributed by atoms with Crippen LogP contribution in [0, 0.1) is 0 Å². The first kappa shape index (κ1) is 11.5. The molecule has 0 aromatic carbocycles. The summed E-state index contributed by atoms with van der Waals surface area (Å²) in [6.07, 6.45) is 5.28. The van der Waals surface area contributed by atoms with Crippen molar-refractivity contribution in [1.29, 1.82) is 0 Å². The maximum atomic E-state index is 11.6. The monoisotopic (exact) mass is 251 g/mol. The van der Waals surface area contributed by atoms with Gasteiger partial charge in [0.15, 0.2) is 0 Å². The topological polar surface area (TPSA) is 72.7 Å². The second-order valence-corrected chi connectivity index (χ2v) is 3.62. The van der Waals surface area contributed by atoms with Crippen LogP contribution in [0.5, 0.6) is 0 Å². The van der Waals surface area contributed by atoms with Crippen molar-refractivity contribution in [1.82, 2.24) is 19.7 Å². The highest BCUT2D eigenvalue weighted by molar-refractivity contribution is 6.28. The molecule has 6 nitrogen and oxygen atoms in total. The molecule has 0 saturated carbocycles. The van der Waals surface area contributed by atoms with Gasteiger partial charge in [0, 0.05) is 31.6 Å². The fraction of sp³-hybridized carbons (Fsp3) is 0.200. The number of nitrogens with zero attached hydrogens (tertiary/aromatic N) is 4. The van der Waals surface area contributed by atoms with Crippen LogP contribution in [0.25, 0.3) is 0 Å². The average molecular weight is 252 g/mol. The summed E-state index contributed by atoms with van der Waals surface area (Å²) in [4.78, 5) is 19.1. The van der Waals surface area contributed by atoms with E-state index < -0.39 is 0 Å². The van der Waals surface area contributed by atoms with E-state index in [1.165, 1.54) is 6.20 Å². The summed E-state index contributed by atoms with van der Waals surface area (Å²) < 4.78 is 1.69. The summed E-state index contributed by atoms with van der Waals surface area (Å²) in [7, 11) is 0. The highest BCUT2D eigenvalue weighted by Crippen LogP contribution is 2.06. The molecule has 17 heavy (non-hydrogen) atoms. The second-order valence-electron chi connectivity index (χ2n) is 3.28. The van der Waals surface area contributed by atoms with Gasteiger partial charge < -0.3 is 5.32 Å². The molecule has 88 valence electrons. The number of hydrogen-bond donors (Lipinski definition) is 1. The number of anilines is 1. The van der Waals surface area contributed by atoms with Crippen LogP contribution in [0.15, 0.2) is 30.7 Å². The summed E-state index contributed by atoms with van der Waals surface area (Å²) in [5, 5.41) is 6.74. The van der Waals surface area contributed by atoms with E-state index in [0.717, 1.165) is 0 Å². The van der Waals surface area contributed by atoms with Crippen LogP contribution in [0.3, 0.4) is 0 Å². The van der Waals surface area contributed by atoms with E-state index >= 15 is 0 Å². The normalized spacial score (nSPS) is 10.2. The van der Waals surface area contributed by atoms with Crippen LogP contribution in [-0.2, 0) is 11.3 Å². The van der Waals surface area contributed by atoms with Gasteiger partial charge >= 0.3 is 0 Å². The number of nitrogens with one attached hydrogen (secondary N) is 1. The Labute approximate surface area is 103 Å². The lowest BCUT2D eigenvalue weighted by atomic mass is 10.4. The van der Waals surface area contributed by atoms with Crippen molar-refractivity contribution in [2.45, 2.75) is 13.0 Å². The zero-order valence-electron chi connectivity index (χ0n) is 8.88. The average Bonchev–Trinajstić information content (AvgIpc) is 2.79. The Hall–Kier alpha value is -1.95. The molecule has 0 saturated heterocycles. The summed E-state index contributed by atoms with van der Waals surface area (Å²) in [5.74, 6) is 0.255. The Morgan fingerprint density at radius 2 is 2.35 bits per heavy atom. The van der Waals surface area contributed by atoms with E-state index in [-0.39, 0.29) is 11.2 Å². The fourth-order valence-corrected chi connectivity index (χ4v) is 1.41. The highest BCUT2D eigenvalue weighted by Gasteiger charge is 2.04. The summed E-state index contributed by atoms with van der Waals surface area (Å²) in [6.45, 7) is 0.525. The first-order valence-corrected chi connectivity index (χ1v) is 5.37. The fourth-order valence-electron chi connectivity index (χ4n) is 1.26. The zero-order chi connectivity index (χ0) is 12.1. The molecule has 2 rings (SSSR count). The van der Waals surface area contributed by atoms with Gasteiger partial charge in [-0.1, -0.05) is 0 Å². The Morgan fingerprint density at radius 1 is 1.47 bits per heavy atom. The molecule has 7 heteroatoms. The first-order chi connectivity index (χ1) is 8.24. The molecule has 0 atom stereocenters. The third-order valence-corrected chi connectivity index (χ3v) is 2.20. The summed E-state index contributed by atoms with van der Waals surface area (Å²) in [6, 6.07) is 3.39. The van der Waals surface area contributed by atoms with Gasteiger partial charge in [0.05, 0.1) is 0 Å². The van der Waals surface area contributed by atoms with Crippen LogP contribution in [0.2, 0.25) is 5.28 Å². The van der Waals surface area contributed by atoms with Gasteiger partial charge in [-0.15, -0.1) is 0 Å². The Bertz CT molecular complexity index is 499. The largest absolute Gasteiger partial charge is 0.310 e. The molecule has 0 bridgehead atoms. The van der Waals surface area contributed by atoms with Crippen molar-refractivity contribution >= 4 is 23.3 Å². The Kier molecular flexibility index (Phi) is 3.66. The molecule has 0 aliphatic heterocycles. The quantitative estimate of drug-likeness (QED) is 0.833. The standard InChI is InChI=1S/C10H10ClN5O/c11-10-12-5-2-8(15-10)14-9(17)3-7-16-6-1-4-13-16/h1-2,4-6H,3,7H2,(H,12,14,15,17). The minimum atomic E-state index is -0.143. The summed E-state index contributed by atoms with van der Waals surface area (Å²) >= 11 is 5.60. The minimum Gasteiger partial charge on any atom is -0.310 e. The predicted octanol–water partition coefficient (Wildman–Crippen LogP) is 1.36. The maximum Gasteiger partial charge on any atom is 0.227 e. The Morgan fingerprint density at radius 3 is 3.06 bits per heavy atom. The number of aryl methyl sites for hydroxylation is 1. The van der Waals surface area contributed by atoms with E-state index in [1.54, 1.807) is 23.1 Å². The lowest BCUT2D eigenvalue weighted by molar-refractivity contribution is -0.116. The molecule has 0 unspecified atom stereocenters. The van der Waals surface area contributed by atoms with Gasteiger partial charge in [-0.2, -0.15) is 5.10 Å². The number of halogens is 1. The molecule has 2 aromatic heterocycles. The van der Waals surface area contributed by atoms with Crippen LogP contribution in [-0.4, -0.2) is 25.7 Å². The molecule has 0 fully saturated rings. The third-order valence-electron chi connectivity index (χ3n) is 2.02. The van der Waals surface area contributed by atoms with Crippen molar-refractivity contribution in [2.75, 3.05) is 5.32 Å². The van der Waals surface area contributed by atoms with Crippen molar-refractivity contribution in [3.8, 4) is 0 Å². The van der Waals surface area contributed by atoms with Crippen molar-refractivity contribution < 1.29 is 4.79 Å². The molecule has 1 amide bonds. The first-order valence-electron chi connectivity index (χ1n) is 5.00. The van der Waals surface area contributed by atoms with E-state index in [0.29, 0.717) is 18.8 Å². The van der Waals surface area contributed by atoms with Crippen LogP contribution < -0.4 is 5.32 Å². The van der Waals surface area contributed by atoms with Crippen LogP contribution in [0.4, 0.5) is 5.82 Å². The molecular formula is C10H10ClN5O. The van der Waals surface area contributed by atoms with Gasteiger partial charge in [0.25, 0.3) is 0 Å². The molecule has 0 aliphatic carbocycles. The molecule has 0 radical (unpaired) electrons. The van der Waals surface area contributed by atoms with Crippen LogP contribution >= 0.6 is 11.6 Å². The van der Waals surface area contributed by atoms with Crippen LogP contribution in [0.1, 0.15) is 6.42 Å². The number of carbonyl (C=O) groups is 1. The number of rotatable bonds is 4. The maximum absolute atomic E-state index is 11.6. The number of hydrogen-bond acceptors (Lipinski definition) is 4. The number of amides is 1. The second kappa shape index (κ2) is 5.40. The number of carbonyl (C=O) groups excluding carboxylic acids is 1. The van der Waals surface area contributed by atoms with Gasteiger partial charge in [-0.25, -0.2) is 9.97 Å². The summed E-state index contributed by atoms with van der Waals surface area (Å²) in [5.41, 5.74) is 0. The van der Waals surface area contributed by atoms with Gasteiger partial charge in [0.2, 0.25) is 11.2 Å².